The molecule has 2 heterocycles. The number of fused-ring (bicyclic) bond motifs is 3. The Hall–Kier alpha value is -3.01. The largest absolute Gasteiger partial charge is 0.438 e. The number of aryl methyl sites for hydroxylation is 1. The van der Waals surface area contributed by atoms with Gasteiger partial charge in [-0.15, -0.1) is 0 Å². The third-order valence-electron chi connectivity index (χ3n) is 3.85. The smallest absolute Gasteiger partial charge is 0.227 e. The third-order valence-corrected chi connectivity index (χ3v) is 3.85. The molecule has 3 nitrogen and oxygen atoms in total. The van der Waals surface area contributed by atoms with E-state index < -0.39 is 0 Å². The Balaban J connectivity index is 1.99. The number of aliphatic imine (C=N–C) groups is 1. The molecule has 0 unspecified atom stereocenters. The van der Waals surface area contributed by atoms with Gasteiger partial charge >= 0.3 is 0 Å². The zero-order valence-corrected chi connectivity index (χ0v) is 12.5. The maximum Gasteiger partial charge on any atom is 0.227 e. The van der Waals surface area contributed by atoms with Crippen molar-refractivity contribution in [2.24, 2.45) is 4.99 Å². The summed E-state index contributed by atoms with van der Waals surface area (Å²) in [5.74, 6) is 0.623. The Morgan fingerprint density at radius 2 is 1.78 bits per heavy atom. The summed E-state index contributed by atoms with van der Waals surface area (Å²) in [5, 5.41) is 0.942. The van der Waals surface area contributed by atoms with E-state index >= 15 is 0 Å². The molecule has 4 heteroatoms. The number of hydrogen-bond donors (Lipinski definition) is 0. The van der Waals surface area contributed by atoms with Gasteiger partial charge in [0.15, 0.2) is 0 Å². The van der Waals surface area contributed by atoms with E-state index in [0.29, 0.717) is 17.2 Å². The van der Waals surface area contributed by atoms with Gasteiger partial charge in [-0.2, -0.15) is 0 Å². The summed E-state index contributed by atoms with van der Waals surface area (Å²) in [5.41, 5.74) is 4.02. The number of para-hydroxylation sites is 1. The molecular formula is C19H13FN2O. The van der Waals surface area contributed by atoms with Gasteiger partial charge in [0.05, 0.1) is 22.5 Å². The number of nitrogens with zero attached hydrogens (tertiary/aromatic N) is 2. The maximum atomic E-state index is 13.1. The first-order valence-electron chi connectivity index (χ1n) is 7.24. The van der Waals surface area contributed by atoms with Crippen LogP contribution in [0.2, 0.25) is 0 Å². The molecule has 1 aliphatic heterocycles. The number of hydrogen-bond acceptors (Lipinski definition) is 3. The molecule has 0 saturated heterocycles. The predicted octanol–water partition coefficient (Wildman–Crippen LogP) is 4.76. The molecule has 0 spiro atoms. The number of halogens is 1. The number of ether oxygens (including phenoxy) is 1. The zero-order valence-electron chi connectivity index (χ0n) is 12.5. The first-order chi connectivity index (χ1) is 11.1. The van der Waals surface area contributed by atoms with Crippen molar-refractivity contribution in [2.45, 2.75) is 6.92 Å². The number of rotatable bonds is 1. The molecule has 4 rings (SSSR count). The van der Waals surface area contributed by atoms with E-state index in [1.165, 1.54) is 12.1 Å². The average Bonchev–Trinajstić information content (AvgIpc) is 2.55. The third kappa shape index (κ3) is 2.19. The van der Waals surface area contributed by atoms with Crippen molar-refractivity contribution in [3.8, 4) is 0 Å². The summed E-state index contributed by atoms with van der Waals surface area (Å²) in [7, 11) is 0. The first kappa shape index (κ1) is 13.6. The van der Waals surface area contributed by atoms with E-state index in [2.05, 4.69) is 16.6 Å². The maximum absolute atomic E-state index is 13.1. The van der Waals surface area contributed by atoms with E-state index in [1.807, 2.05) is 31.2 Å². The van der Waals surface area contributed by atoms with Crippen LogP contribution < -0.4 is 0 Å². The van der Waals surface area contributed by atoms with Gasteiger partial charge in [-0.1, -0.05) is 24.8 Å². The molecule has 23 heavy (non-hydrogen) atoms. The molecule has 0 radical (unpaired) electrons. The van der Waals surface area contributed by atoms with Crippen LogP contribution in [0.25, 0.3) is 16.7 Å². The Morgan fingerprint density at radius 3 is 2.57 bits per heavy atom. The summed E-state index contributed by atoms with van der Waals surface area (Å²) < 4.78 is 18.9. The van der Waals surface area contributed by atoms with E-state index in [-0.39, 0.29) is 5.82 Å². The van der Waals surface area contributed by atoms with Gasteiger partial charge in [-0.05, 0) is 37.3 Å². The van der Waals surface area contributed by atoms with Gasteiger partial charge < -0.3 is 4.74 Å². The van der Waals surface area contributed by atoms with Crippen molar-refractivity contribution in [3.05, 3.63) is 77.7 Å². The van der Waals surface area contributed by atoms with Crippen molar-refractivity contribution in [1.82, 2.24) is 4.98 Å². The van der Waals surface area contributed by atoms with Gasteiger partial charge in [-0.25, -0.2) is 9.38 Å². The summed E-state index contributed by atoms with van der Waals surface area (Å²) in [6, 6.07) is 13.9. The monoisotopic (exact) mass is 304 g/mol. The van der Waals surface area contributed by atoms with Crippen LogP contribution in [0.4, 0.5) is 10.1 Å². The van der Waals surface area contributed by atoms with Crippen LogP contribution in [0.5, 0.6) is 0 Å². The van der Waals surface area contributed by atoms with E-state index in [0.717, 1.165) is 27.8 Å². The number of aromatic nitrogens is 1. The molecule has 0 bridgehead atoms. The molecule has 0 aliphatic carbocycles. The fourth-order valence-electron chi connectivity index (χ4n) is 2.77. The standard InChI is InChI=1S/C19H13FN2O/c1-11-17-12(2)23-19(13-7-9-14(20)10-8-13)22-18(17)15-5-3-4-6-16(15)21-11/h3-10H,2H2,1H3. The van der Waals surface area contributed by atoms with Crippen LogP contribution in [0.15, 0.2) is 60.1 Å². The lowest BCUT2D eigenvalue weighted by Crippen LogP contribution is -2.12. The van der Waals surface area contributed by atoms with Crippen molar-refractivity contribution in [2.75, 3.05) is 0 Å². The summed E-state index contributed by atoms with van der Waals surface area (Å²) in [4.78, 5) is 9.24. The molecule has 0 atom stereocenters. The Morgan fingerprint density at radius 1 is 1.04 bits per heavy atom. The highest BCUT2D eigenvalue weighted by atomic mass is 19.1. The molecule has 0 fully saturated rings. The second-order valence-corrected chi connectivity index (χ2v) is 5.39. The minimum absolute atomic E-state index is 0.296. The van der Waals surface area contributed by atoms with Crippen LogP contribution in [0, 0.1) is 12.7 Å². The van der Waals surface area contributed by atoms with Crippen LogP contribution in [-0.2, 0) is 4.74 Å². The minimum Gasteiger partial charge on any atom is -0.438 e. The summed E-state index contributed by atoms with van der Waals surface area (Å²) >= 11 is 0. The number of pyridine rings is 1. The van der Waals surface area contributed by atoms with Gasteiger partial charge in [0.25, 0.3) is 0 Å². The normalized spacial score (nSPS) is 13.5. The molecular weight excluding hydrogens is 291 g/mol. The zero-order chi connectivity index (χ0) is 16.0. The molecule has 0 saturated carbocycles. The second kappa shape index (κ2) is 5.02. The van der Waals surface area contributed by atoms with Crippen molar-refractivity contribution in [1.29, 1.82) is 0 Å². The highest BCUT2D eigenvalue weighted by Crippen LogP contribution is 2.39. The molecule has 3 aromatic rings. The van der Waals surface area contributed by atoms with Crippen molar-refractivity contribution in [3.63, 3.8) is 0 Å². The van der Waals surface area contributed by atoms with E-state index in [9.17, 15) is 4.39 Å². The quantitative estimate of drug-likeness (QED) is 0.649. The van der Waals surface area contributed by atoms with Gasteiger partial charge in [0.2, 0.25) is 5.90 Å². The highest BCUT2D eigenvalue weighted by molar-refractivity contribution is 6.07. The highest BCUT2D eigenvalue weighted by Gasteiger charge is 2.23. The van der Waals surface area contributed by atoms with Crippen LogP contribution in [0.3, 0.4) is 0 Å². The minimum atomic E-state index is -0.296. The molecule has 0 N–H and O–H groups in total. The second-order valence-electron chi connectivity index (χ2n) is 5.39. The van der Waals surface area contributed by atoms with Gasteiger partial charge in [0.1, 0.15) is 11.6 Å². The lowest BCUT2D eigenvalue weighted by atomic mass is 10.0. The summed E-state index contributed by atoms with van der Waals surface area (Å²) in [6.07, 6.45) is 0. The van der Waals surface area contributed by atoms with Crippen LogP contribution in [0.1, 0.15) is 16.8 Å². The van der Waals surface area contributed by atoms with Gasteiger partial charge in [-0.3, -0.25) is 4.98 Å². The van der Waals surface area contributed by atoms with Crippen molar-refractivity contribution < 1.29 is 9.13 Å². The lowest BCUT2D eigenvalue weighted by molar-refractivity contribution is 0.504. The average molecular weight is 304 g/mol. The van der Waals surface area contributed by atoms with E-state index in [4.69, 9.17) is 4.74 Å². The first-order valence-corrected chi connectivity index (χ1v) is 7.24. The molecule has 1 aliphatic rings. The predicted molar refractivity (Wildman–Crippen MR) is 89.2 cm³/mol. The Labute approximate surface area is 132 Å². The van der Waals surface area contributed by atoms with E-state index in [1.54, 1.807) is 12.1 Å². The molecule has 2 aromatic carbocycles. The fourth-order valence-corrected chi connectivity index (χ4v) is 2.77. The number of benzene rings is 2. The van der Waals surface area contributed by atoms with Crippen LogP contribution in [-0.4, -0.2) is 10.9 Å². The van der Waals surface area contributed by atoms with Crippen molar-refractivity contribution >= 4 is 28.2 Å². The fraction of sp³-hybridized carbons (Fsp3) is 0.0526. The molecule has 0 amide bonds. The summed E-state index contributed by atoms with van der Waals surface area (Å²) in [6.45, 7) is 5.91. The Bertz CT molecular complexity index is 975. The Kier molecular flexibility index (Phi) is 2.98. The molecule has 1 aromatic heterocycles. The topological polar surface area (TPSA) is 34.5 Å². The lowest BCUT2D eigenvalue weighted by Gasteiger charge is -2.21. The SMILES string of the molecule is C=C1OC(c2ccc(F)cc2)=Nc2c1c(C)nc1ccccc21. The van der Waals surface area contributed by atoms with Crippen LogP contribution >= 0.6 is 0 Å². The van der Waals surface area contributed by atoms with Gasteiger partial charge in [0, 0.05) is 10.9 Å². The molecule has 112 valence electrons.